The van der Waals surface area contributed by atoms with Crippen molar-refractivity contribution in [1.29, 1.82) is 0 Å². The summed E-state index contributed by atoms with van der Waals surface area (Å²) in [6.07, 6.45) is -1.01. The molecule has 150 valence electrons. The molecule has 0 amide bonds. The molecule has 2 bridgehead atoms. The molecule has 26 heavy (non-hydrogen) atoms. The zero-order chi connectivity index (χ0) is 19.5. The Morgan fingerprint density at radius 1 is 0.808 bits per heavy atom. The largest absolute Gasteiger partial charge is 0.392 e. The van der Waals surface area contributed by atoms with Gasteiger partial charge in [0.15, 0.2) is 0 Å². The molecule has 6 heteroatoms. The van der Waals surface area contributed by atoms with Gasteiger partial charge in [-0.15, -0.1) is 0 Å². The first-order chi connectivity index (χ1) is 11.7. The highest BCUT2D eigenvalue weighted by Crippen LogP contribution is 2.69. The SMILES string of the molecule is CC1(C)[C@@H](O)C[C@H]2[C@](C)(O)[C@@H]3CC[C@@H]4C(O)[C@@]3(C[C@@H](O)[C@@]21O)C[C@@]4(C)O. The normalized spacial score (nSPS) is 63.9. The summed E-state index contributed by atoms with van der Waals surface area (Å²) in [4.78, 5) is 0. The molecule has 4 rings (SSSR count). The van der Waals surface area contributed by atoms with E-state index < -0.39 is 51.9 Å². The molecule has 0 aliphatic heterocycles. The highest BCUT2D eigenvalue weighted by atomic mass is 16.4. The van der Waals surface area contributed by atoms with Crippen molar-refractivity contribution in [3.63, 3.8) is 0 Å². The first-order valence-electron chi connectivity index (χ1n) is 9.94. The molecule has 4 aliphatic carbocycles. The van der Waals surface area contributed by atoms with Crippen molar-refractivity contribution in [1.82, 2.24) is 0 Å². The number of hydrogen-bond donors (Lipinski definition) is 6. The van der Waals surface area contributed by atoms with Crippen molar-refractivity contribution in [2.24, 2.45) is 28.6 Å². The van der Waals surface area contributed by atoms with E-state index in [1.54, 1.807) is 27.7 Å². The molecule has 0 aromatic carbocycles. The zero-order valence-corrected chi connectivity index (χ0v) is 16.2. The fourth-order valence-electron chi connectivity index (χ4n) is 7.80. The Hall–Kier alpha value is -0.240. The van der Waals surface area contributed by atoms with Crippen LogP contribution in [0.2, 0.25) is 0 Å². The Bertz CT molecular complexity index is 615. The second kappa shape index (κ2) is 5.02. The quantitative estimate of drug-likeness (QED) is 0.361. The third kappa shape index (κ3) is 1.89. The molecule has 4 aliphatic rings. The zero-order valence-electron chi connectivity index (χ0n) is 16.2. The van der Waals surface area contributed by atoms with Gasteiger partial charge in [-0.05, 0) is 51.9 Å². The molecule has 0 aromatic heterocycles. The minimum Gasteiger partial charge on any atom is -0.392 e. The van der Waals surface area contributed by atoms with Crippen LogP contribution in [0, 0.1) is 28.6 Å². The van der Waals surface area contributed by atoms with Crippen LogP contribution in [0.15, 0.2) is 0 Å². The Morgan fingerprint density at radius 3 is 2.04 bits per heavy atom. The fraction of sp³-hybridized carbons (Fsp3) is 1.00. The first kappa shape index (κ1) is 19.1. The Balaban J connectivity index is 1.89. The standard InChI is InChI=1S/C20H34O6/c1-16(2)13(21)7-12-18(4,25)11-6-5-10-15(23)19(11,9-17(10,3)24)8-14(22)20(12,16)26/h10-15,21-26H,5-9H2,1-4H3/t10-,11+,12+,13+,14-,15?,17-,18-,19+,20+/m1/s1. The molecular formula is C20H34O6. The van der Waals surface area contributed by atoms with Gasteiger partial charge in [0.2, 0.25) is 0 Å². The summed E-state index contributed by atoms with van der Waals surface area (Å²) in [5.74, 6) is -1.34. The molecule has 10 atom stereocenters. The van der Waals surface area contributed by atoms with Crippen LogP contribution < -0.4 is 0 Å². The van der Waals surface area contributed by atoms with E-state index in [1.165, 1.54) is 0 Å². The summed E-state index contributed by atoms with van der Waals surface area (Å²) in [5.41, 5.74) is -5.91. The van der Waals surface area contributed by atoms with Gasteiger partial charge in [0.1, 0.15) is 5.60 Å². The van der Waals surface area contributed by atoms with E-state index in [0.717, 1.165) is 0 Å². The predicted octanol–water partition coefficient (Wildman–Crippen LogP) is 0.168. The lowest BCUT2D eigenvalue weighted by Crippen LogP contribution is -2.60. The van der Waals surface area contributed by atoms with Gasteiger partial charge in [0, 0.05) is 22.7 Å². The molecular weight excluding hydrogens is 336 g/mol. The molecule has 4 fully saturated rings. The number of hydrogen-bond acceptors (Lipinski definition) is 6. The molecule has 0 radical (unpaired) electrons. The maximum absolute atomic E-state index is 11.7. The Kier molecular flexibility index (Phi) is 3.69. The topological polar surface area (TPSA) is 121 Å². The van der Waals surface area contributed by atoms with Crippen LogP contribution in [0.4, 0.5) is 0 Å². The number of rotatable bonds is 0. The van der Waals surface area contributed by atoms with Crippen LogP contribution >= 0.6 is 0 Å². The Morgan fingerprint density at radius 2 is 1.42 bits per heavy atom. The number of aliphatic hydroxyl groups excluding tert-OH is 3. The number of fused-ring (bicyclic) bond motifs is 2. The van der Waals surface area contributed by atoms with Crippen molar-refractivity contribution in [3.05, 3.63) is 0 Å². The van der Waals surface area contributed by atoms with E-state index in [4.69, 9.17) is 0 Å². The lowest BCUT2D eigenvalue weighted by Gasteiger charge is -2.51. The molecule has 4 saturated carbocycles. The second-order valence-electron chi connectivity index (χ2n) is 10.7. The van der Waals surface area contributed by atoms with Crippen LogP contribution in [0.25, 0.3) is 0 Å². The predicted molar refractivity (Wildman–Crippen MR) is 94.0 cm³/mol. The average molecular weight is 370 g/mol. The average Bonchev–Trinajstić information content (AvgIpc) is 2.72. The summed E-state index contributed by atoms with van der Waals surface area (Å²) in [6, 6.07) is 0. The lowest BCUT2D eigenvalue weighted by atomic mass is 9.57. The van der Waals surface area contributed by atoms with E-state index in [0.29, 0.717) is 19.3 Å². The van der Waals surface area contributed by atoms with E-state index in [1.807, 2.05) is 0 Å². The van der Waals surface area contributed by atoms with Crippen molar-refractivity contribution in [2.75, 3.05) is 0 Å². The summed E-state index contributed by atoms with van der Waals surface area (Å²) in [6.45, 7) is 6.87. The smallest absolute Gasteiger partial charge is 0.104 e. The summed E-state index contributed by atoms with van der Waals surface area (Å²) < 4.78 is 0. The van der Waals surface area contributed by atoms with Crippen molar-refractivity contribution >= 4 is 0 Å². The van der Waals surface area contributed by atoms with Gasteiger partial charge in [0.25, 0.3) is 0 Å². The van der Waals surface area contributed by atoms with E-state index in [-0.39, 0.29) is 24.7 Å². The van der Waals surface area contributed by atoms with Crippen LogP contribution in [-0.2, 0) is 0 Å². The highest BCUT2D eigenvalue weighted by Gasteiger charge is 2.76. The van der Waals surface area contributed by atoms with E-state index in [2.05, 4.69) is 0 Å². The van der Waals surface area contributed by atoms with Crippen molar-refractivity contribution in [3.8, 4) is 0 Å². The Labute approximate surface area is 154 Å². The van der Waals surface area contributed by atoms with Gasteiger partial charge >= 0.3 is 0 Å². The molecule has 6 N–H and O–H groups in total. The summed E-state index contributed by atoms with van der Waals surface area (Å²) in [7, 11) is 0. The highest BCUT2D eigenvalue weighted by molar-refractivity contribution is 5.25. The third-order valence-corrected chi connectivity index (χ3v) is 9.26. The van der Waals surface area contributed by atoms with Gasteiger partial charge in [-0.3, -0.25) is 0 Å². The van der Waals surface area contributed by atoms with Gasteiger partial charge in [0.05, 0.1) is 29.5 Å². The van der Waals surface area contributed by atoms with E-state index >= 15 is 0 Å². The van der Waals surface area contributed by atoms with Gasteiger partial charge in [-0.1, -0.05) is 13.8 Å². The minimum atomic E-state index is -1.66. The van der Waals surface area contributed by atoms with Gasteiger partial charge < -0.3 is 30.6 Å². The van der Waals surface area contributed by atoms with Crippen LogP contribution in [0.1, 0.15) is 59.8 Å². The summed E-state index contributed by atoms with van der Waals surface area (Å²) in [5, 5.41) is 67.1. The molecule has 1 unspecified atom stereocenters. The first-order valence-corrected chi connectivity index (χ1v) is 9.94. The molecule has 0 saturated heterocycles. The fourth-order valence-corrected chi connectivity index (χ4v) is 7.80. The van der Waals surface area contributed by atoms with Crippen molar-refractivity contribution in [2.45, 2.75) is 94.9 Å². The maximum Gasteiger partial charge on any atom is 0.104 e. The molecule has 6 nitrogen and oxygen atoms in total. The van der Waals surface area contributed by atoms with Crippen LogP contribution in [0.5, 0.6) is 0 Å². The molecule has 0 aromatic rings. The monoisotopic (exact) mass is 370 g/mol. The van der Waals surface area contributed by atoms with Gasteiger partial charge in [-0.2, -0.15) is 0 Å². The minimum absolute atomic E-state index is 0.116. The second-order valence-corrected chi connectivity index (χ2v) is 10.7. The summed E-state index contributed by atoms with van der Waals surface area (Å²) >= 11 is 0. The lowest BCUT2D eigenvalue weighted by molar-refractivity contribution is -0.201. The van der Waals surface area contributed by atoms with Gasteiger partial charge in [-0.25, -0.2) is 0 Å². The third-order valence-electron chi connectivity index (χ3n) is 9.26. The van der Waals surface area contributed by atoms with E-state index in [9.17, 15) is 30.6 Å². The maximum atomic E-state index is 11.7. The molecule has 0 heterocycles. The van der Waals surface area contributed by atoms with Crippen molar-refractivity contribution < 1.29 is 30.6 Å². The number of aliphatic hydroxyl groups is 6. The molecule has 1 spiro atoms. The van der Waals surface area contributed by atoms with Crippen LogP contribution in [-0.4, -0.2) is 65.8 Å². The van der Waals surface area contributed by atoms with Crippen LogP contribution in [0.3, 0.4) is 0 Å².